The Balaban J connectivity index is 1.96. The molecule has 2 N–H and O–H groups in total. The number of methoxy groups -OCH3 is 2. The van der Waals surface area contributed by atoms with Gasteiger partial charge in [-0.1, -0.05) is 6.07 Å². The molecule has 2 aromatic carbocycles. The first kappa shape index (κ1) is 18.7. The maximum absolute atomic E-state index is 12.2. The van der Waals surface area contributed by atoms with E-state index in [0.717, 1.165) is 4.90 Å². The fraction of sp³-hybridized carbons (Fsp3) is 0.222. The molecule has 0 aliphatic rings. The molecule has 2 amide bonds. The van der Waals surface area contributed by atoms with Crippen molar-refractivity contribution in [3.05, 3.63) is 42.5 Å². The minimum atomic E-state index is -0.154. The van der Waals surface area contributed by atoms with Crippen molar-refractivity contribution >= 4 is 35.0 Å². The van der Waals surface area contributed by atoms with E-state index in [9.17, 15) is 9.59 Å². The zero-order chi connectivity index (χ0) is 18.2. The predicted octanol–water partition coefficient (Wildman–Crippen LogP) is 3.39. The predicted molar refractivity (Wildman–Crippen MR) is 99.6 cm³/mol. The molecule has 132 valence electrons. The number of hydrogen-bond acceptors (Lipinski definition) is 5. The van der Waals surface area contributed by atoms with Crippen LogP contribution in [-0.4, -0.2) is 31.8 Å². The molecule has 0 aromatic heterocycles. The van der Waals surface area contributed by atoms with Crippen LogP contribution < -0.4 is 20.1 Å². The van der Waals surface area contributed by atoms with E-state index in [1.807, 2.05) is 18.2 Å². The second-order valence-electron chi connectivity index (χ2n) is 5.11. The molecule has 0 unspecified atom stereocenters. The van der Waals surface area contributed by atoms with Crippen molar-refractivity contribution in [2.75, 3.05) is 30.6 Å². The highest BCUT2D eigenvalue weighted by molar-refractivity contribution is 8.00. The summed E-state index contributed by atoms with van der Waals surface area (Å²) in [6, 6.07) is 12.5. The first-order valence-electron chi connectivity index (χ1n) is 7.54. The topological polar surface area (TPSA) is 76.7 Å². The molecule has 25 heavy (non-hydrogen) atoms. The van der Waals surface area contributed by atoms with Crippen LogP contribution in [0.15, 0.2) is 47.4 Å². The molecule has 0 saturated heterocycles. The van der Waals surface area contributed by atoms with E-state index in [-0.39, 0.29) is 17.6 Å². The number of amides is 2. The highest BCUT2D eigenvalue weighted by Crippen LogP contribution is 2.29. The number of rotatable bonds is 7. The molecule has 0 heterocycles. The number of nitrogens with one attached hydrogen (secondary N) is 2. The maximum atomic E-state index is 12.2. The summed E-state index contributed by atoms with van der Waals surface area (Å²) in [5.41, 5.74) is 1.29. The Morgan fingerprint density at radius 1 is 1.04 bits per heavy atom. The SMILES string of the molecule is COc1ccc(NC(=O)CSc2cccc(NC(C)=O)c2)c(OC)c1. The third kappa shape index (κ3) is 5.72. The summed E-state index contributed by atoms with van der Waals surface area (Å²) in [6.45, 7) is 1.45. The quantitative estimate of drug-likeness (QED) is 0.740. The van der Waals surface area contributed by atoms with Gasteiger partial charge < -0.3 is 20.1 Å². The van der Waals surface area contributed by atoms with Crippen LogP contribution >= 0.6 is 11.8 Å². The van der Waals surface area contributed by atoms with Crippen LogP contribution in [-0.2, 0) is 9.59 Å². The van der Waals surface area contributed by atoms with Crippen LogP contribution in [0.5, 0.6) is 11.5 Å². The van der Waals surface area contributed by atoms with Crippen molar-refractivity contribution in [2.24, 2.45) is 0 Å². The molecule has 0 aliphatic carbocycles. The van der Waals surface area contributed by atoms with Gasteiger partial charge >= 0.3 is 0 Å². The van der Waals surface area contributed by atoms with E-state index in [1.54, 1.807) is 31.4 Å². The lowest BCUT2D eigenvalue weighted by molar-refractivity contribution is -0.114. The Hall–Kier alpha value is -2.67. The van der Waals surface area contributed by atoms with Crippen molar-refractivity contribution in [3.8, 4) is 11.5 Å². The Morgan fingerprint density at radius 3 is 2.52 bits per heavy atom. The Kier molecular flexibility index (Phi) is 6.71. The van der Waals surface area contributed by atoms with Crippen LogP contribution in [0.2, 0.25) is 0 Å². The van der Waals surface area contributed by atoms with Gasteiger partial charge in [-0.25, -0.2) is 0 Å². The molecule has 6 nitrogen and oxygen atoms in total. The average molecular weight is 360 g/mol. The molecular formula is C18H20N2O4S. The summed E-state index contributed by atoms with van der Waals surface area (Å²) in [5.74, 6) is 1.13. The summed E-state index contributed by atoms with van der Waals surface area (Å²) < 4.78 is 10.4. The van der Waals surface area contributed by atoms with Crippen molar-refractivity contribution in [1.29, 1.82) is 0 Å². The van der Waals surface area contributed by atoms with E-state index in [2.05, 4.69) is 10.6 Å². The van der Waals surface area contributed by atoms with Gasteiger partial charge in [-0.15, -0.1) is 11.8 Å². The molecule has 2 rings (SSSR count). The fourth-order valence-corrected chi connectivity index (χ4v) is 2.86. The number of benzene rings is 2. The van der Waals surface area contributed by atoms with Gasteiger partial charge in [-0.05, 0) is 30.3 Å². The molecule has 0 aliphatic heterocycles. The van der Waals surface area contributed by atoms with E-state index < -0.39 is 0 Å². The summed E-state index contributed by atoms with van der Waals surface area (Å²) in [4.78, 5) is 24.2. The highest BCUT2D eigenvalue weighted by Gasteiger charge is 2.10. The van der Waals surface area contributed by atoms with Gasteiger partial charge in [0.05, 0.1) is 25.7 Å². The van der Waals surface area contributed by atoms with Gasteiger partial charge in [0.1, 0.15) is 11.5 Å². The van der Waals surface area contributed by atoms with Gasteiger partial charge in [-0.3, -0.25) is 9.59 Å². The third-order valence-corrected chi connectivity index (χ3v) is 4.20. The fourth-order valence-electron chi connectivity index (χ4n) is 2.10. The molecule has 0 spiro atoms. The molecule has 2 aromatic rings. The van der Waals surface area contributed by atoms with Gasteiger partial charge in [0.2, 0.25) is 11.8 Å². The van der Waals surface area contributed by atoms with Crippen LogP contribution in [0, 0.1) is 0 Å². The number of carbonyl (C=O) groups is 2. The van der Waals surface area contributed by atoms with Crippen molar-refractivity contribution in [1.82, 2.24) is 0 Å². The van der Waals surface area contributed by atoms with Crippen LogP contribution in [0.25, 0.3) is 0 Å². The van der Waals surface area contributed by atoms with E-state index in [1.165, 1.54) is 25.8 Å². The zero-order valence-electron chi connectivity index (χ0n) is 14.3. The molecular weight excluding hydrogens is 340 g/mol. The first-order valence-corrected chi connectivity index (χ1v) is 8.52. The zero-order valence-corrected chi connectivity index (χ0v) is 15.1. The number of ether oxygens (including phenoxy) is 2. The van der Waals surface area contributed by atoms with Gasteiger partial charge in [0, 0.05) is 23.6 Å². The van der Waals surface area contributed by atoms with E-state index in [0.29, 0.717) is 22.9 Å². The van der Waals surface area contributed by atoms with Crippen molar-refractivity contribution in [3.63, 3.8) is 0 Å². The smallest absolute Gasteiger partial charge is 0.234 e. The highest BCUT2D eigenvalue weighted by atomic mass is 32.2. The summed E-state index contributed by atoms with van der Waals surface area (Å²) in [7, 11) is 3.10. The van der Waals surface area contributed by atoms with E-state index >= 15 is 0 Å². The first-order chi connectivity index (χ1) is 12.0. The molecule has 0 atom stereocenters. The molecule has 0 fully saturated rings. The Morgan fingerprint density at radius 2 is 1.84 bits per heavy atom. The lowest BCUT2D eigenvalue weighted by Crippen LogP contribution is -2.14. The normalized spacial score (nSPS) is 10.0. The number of thioether (sulfide) groups is 1. The summed E-state index contributed by atoms with van der Waals surface area (Å²) in [6.07, 6.45) is 0. The van der Waals surface area contributed by atoms with Crippen LogP contribution in [0.3, 0.4) is 0 Å². The lowest BCUT2D eigenvalue weighted by atomic mass is 10.2. The van der Waals surface area contributed by atoms with Crippen molar-refractivity contribution in [2.45, 2.75) is 11.8 Å². The van der Waals surface area contributed by atoms with Gasteiger partial charge in [0.25, 0.3) is 0 Å². The average Bonchev–Trinajstić information content (AvgIpc) is 2.60. The number of anilines is 2. The molecule has 0 radical (unpaired) electrons. The number of hydrogen-bond donors (Lipinski definition) is 2. The lowest BCUT2D eigenvalue weighted by Gasteiger charge is -2.11. The van der Waals surface area contributed by atoms with Gasteiger partial charge in [-0.2, -0.15) is 0 Å². The van der Waals surface area contributed by atoms with Crippen LogP contribution in [0.4, 0.5) is 11.4 Å². The second-order valence-corrected chi connectivity index (χ2v) is 6.16. The Bertz CT molecular complexity index is 764. The minimum absolute atomic E-state index is 0.133. The van der Waals surface area contributed by atoms with E-state index in [4.69, 9.17) is 9.47 Å². The van der Waals surface area contributed by atoms with Gasteiger partial charge in [0.15, 0.2) is 0 Å². The minimum Gasteiger partial charge on any atom is -0.497 e. The Labute approximate surface area is 150 Å². The van der Waals surface area contributed by atoms with Crippen LogP contribution in [0.1, 0.15) is 6.92 Å². The van der Waals surface area contributed by atoms with Crippen molar-refractivity contribution < 1.29 is 19.1 Å². The maximum Gasteiger partial charge on any atom is 0.234 e. The summed E-state index contributed by atoms with van der Waals surface area (Å²) >= 11 is 1.38. The monoisotopic (exact) mass is 360 g/mol. The molecule has 7 heteroatoms. The standard InChI is InChI=1S/C18H20N2O4S/c1-12(21)19-13-5-4-6-15(9-13)25-11-18(22)20-16-8-7-14(23-2)10-17(16)24-3/h4-10H,11H2,1-3H3,(H,19,21)(H,20,22). The largest absolute Gasteiger partial charge is 0.497 e. The second kappa shape index (κ2) is 8.98. The molecule has 0 saturated carbocycles. The summed E-state index contributed by atoms with van der Waals surface area (Å²) in [5, 5.41) is 5.54. The third-order valence-electron chi connectivity index (χ3n) is 3.21. The molecule has 0 bridgehead atoms. The number of carbonyl (C=O) groups excluding carboxylic acids is 2.